The molecule has 3 nitrogen and oxygen atoms in total. The van der Waals surface area contributed by atoms with Gasteiger partial charge in [0.2, 0.25) is 0 Å². The van der Waals surface area contributed by atoms with Crippen LogP contribution in [0.4, 0.5) is 0 Å². The maximum atomic E-state index is 6.05. The maximum absolute atomic E-state index is 6.05. The number of hydrogen-bond donors (Lipinski definition) is 1. The zero-order valence-electron chi connectivity index (χ0n) is 12.8. The second-order valence-electron chi connectivity index (χ2n) is 5.99. The number of piperidine rings is 1. The number of nitrogens with two attached hydrogens (primary N) is 1. The van der Waals surface area contributed by atoms with E-state index in [4.69, 9.17) is 5.73 Å². The molecule has 1 unspecified atom stereocenters. The van der Waals surface area contributed by atoms with Crippen LogP contribution in [0.25, 0.3) is 0 Å². The minimum absolute atomic E-state index is 0.343. The Bertz CT molecular complexity index is 439. The Labute approximate surface area is 131 Å². The minimum atomic E-state index is 0.343. The molecule has 1 saturated heterocycles. The van der Waals surface area contributed by atoms with Crippen molar-refractivity contribution < 1.29 is 0 Å². The summed E-state index contributed by atoms with van der Waals surface area (Å²) < 4.78 is 1.18. The van der Waals surface area contributed by atoms with Crippen molar-refractivity contribution in [2.24, 2.45) is 5.73 Å². The molecule has 1 aliphatic heterocycles. The lowest BCUT2D eigenvalue weighted by Crippen LogP contribution is -2.45. The van der Waals surface area contributed by atoms with Gasteiger partial charge in [-0.25, -0.2) is 0 Å². The van der Waals surface area contributed by atoms with Crippen LogP contribution in [0, 0.1) is 6.92 Å². The van der Waals surface area contributed by atoms with Gasteiger partial charge in [-0.2, -0.15) is 0 Å². The summed E-state index contributed by atoms with van der Waals surface area (Å²) in [5.74, 6) is 0. The summed E-state index contributed by atoms with van der Waals surface area (Å²) in [7, 11) is 4.36. The summed E-state index contributed by atoms with van der Waals surface area (Å²) in [4.78, 5) is 4.88. The number of halogens is 1. The summed E-state index contributed by atoms with van der Waals surface area (Å²) in [6, 6.07) is 7.68. The first-order valence-corrected chi connectivity index (χ1v) is 8.18. The van der Waals surface area contributed by atoms with Gasteiger partial charge >= 0.3 is 0 Å². The lowest BCUT2D eigenvalue weighted by Gasteiger charge is -2.39. The molecular weight excluding hydrogens is 314 g/mol. The van der Waals surface area contributed by atoms with E-state index in [1.54, 1.807) is 0 Å². The van der Waals surface area contributed by atoms with Gasteiger partial charge in [0.15, 0.2) is 0 Å². The fourth-order valence-electron chi connectivity index (χ4n) is 3.03. The molecule has 0 saturated carbocycles. The second kappa shape index (κ2) is 7.03. The van der Waals surface area contributed by atoms with Crippen LogP contribution in [0.15, 0.2) is 22.7 Å². The van der Waals surface area contributed by atoms with E-state index < -0.39 is 0 Å². The minimum Gasteiger partial charge on any atom is -0.329 e. The average Bonchev–Trinajstić information content (AvgIpc) is 2.44. The van der Waals surface area contributed by atoms with Gasteiger partial charge in [-0.05, 0) is 51.1 Å². The molecule has 4 heteroatoms. The highest BCUT2D eigenvalue weighted by Crippen LogP contribution is 2.28. The van der Waals surface area contributed by atoms with Crippen LogP contribution in [-0.2, 0) is 0 Å². The Morgan fingerprint density at radius 2 is 2.00 bits per heavy atom. The van der Waals surface area contributed by atoms with E-state index in [1.165, 1.54) is 28.4 Å². The van der Waals surface area contributed by atoms with Gasteiger partial charge in [-0.3, -0.25) is 4.90 Å². The summed E-state index contributed by atoms with van der Waals surface area (Å²) in [6.07, 6.45) is 2.47. The van der Waals surface area contributed by atoms with E-state index in [9.17, 15) is 0 Å². The molecule has 1 aromatic rings. The summed E-state index contributed by atoms with van der Waals surface area (Å²) in [5, 5.41) is 0. The van der Waals surface area contributed by atoms with Crippen molar-refractivity contribution in [3.63, 3.8) is 0 Å². The number of aryl methyl sites for hydroxylation is 1. The van der Waals surface area contributed by atoms with Gasteiger partial charge in [-0.1, -0.05) is 28.1 Å². The largest absolute Gasteiger partial charge is 0.329 e. The quantitative estimate of drug-likeness (QED) is 0.915. The third-order valence-corrected chi connectivity index (χ3v) is 5.33. The molecule has 2 N–H and O–H groups in total. The molecule has 0 amide bonds. The first-order valence-electron chi connectivity index (χ1n) is 7.39. The van der Waals surface area contributed by atoms with E-state index in [0.717, 1.165) is 19.1 Å². The van der Waals surface area contributed by atoms with Crippen molar-refractivity contribution in [3.8, 4) is 0 Å². The number of benzene rings is 1. The number of rotatable bonds is 4. The smallest absolute Gasteiger partial charge is 0.0470 e. The van der Waals surface area contributed by atoms with Gasteiger partial charge in [0, 0.05) is 36.2 Å². The lowest BCUT2D eigenvalue weighted by molar-refractivity contribution is 0.111. The van der Waals surface area contributed by atoms with Crippen LogP contribution >= 0.6 is 15.9 Å². The van der Waals surface area contributed by atoms with Gasteiger partial charge in [0.1, 0.15) is 0 Å². The van der Waals surface area contributed by atoms with Crippen molar-refractivity contribution >= 4 is 15.9 Å². The fraction of sp³-hybridized carbons (Fsp3) is 0.625. The molecular formula is C16H26BrN3. The SMILES string of the molecule is Cc1ccc(C(CN)N2CCC(N(C)C)CC2)cc1Br. The summed E-state index contributed by atoms with van der Waals surface area (Å²) in [5.41, 5.74) is 8.65. The first-order chi connectivity index (χ1) is 9.52. The molecule has 1 fully saturated rings. The van der Waals surface area contributed by atoms with Crippen LogP contribution in [0.5, 0.6) is 0 Å². The molecule has 0 bridgehead atoms. The first kappa shape index (κ1) is 16.0. The summed E-state index contributed by atoms with van der Waals surface area (Å²) in [6.45, 7) is 5.07. The predicted octanol–water partition coefficient (Wildman–Crippen LogP) is 2.78. The number of nitrogens with zero attached hydrogens (tertiary/aromatic N) is 2. The Morgan fingerprint density at radius 3 is 2.50 bits per heavy atom. The van der Waals surface area contributed by atoms with E-state index in [-0.39, 0.29) is 0 Å². The van der Waals surface area contributed by atoms with Gasteiger partial charge < -0.3 is 10.6 Å². The number of likely N-dealkylation sites (tertiary alicyclic amines) is 1. The summed E-state index contributed by atoms with van der Waals surface area (Å²) >= 11 is 3.63. The van der Waals surface area contributed by atoms with E-state index in [0.29, 0.717) is 12.6 Å². The second-order valence-corrected chi connectivity index (χ2v) is 6.85. The zero-order valence-corrected chi connectivity index (χ0v) is 14.4. The highest BCUT2D eigenvalue weighted by Gasteiger charge is 2.26. The Hall–Kier alpha value is -0.420. The Morgan fingerprint density at radius 1 is 1.35 bits per heavy atom. The molecule has 1 atom stereocenters. The maximum Gasteiger partial charge on any atom is 0.0470 e. The van der Waals surface area contributed by atoms with Crippen molar-refractivity contribution in [1.82, 2.24) is 9.80 Å². The molecule has 1 heterocycles. The normalized spacial score (nSPS) is 19.5. The van der Waals surface area contributed by atoms with Crippen LogP contribution < -0.4 is 5.73 Å². The van der Waals surface area contributed by atoms with E-state index in [1.807, 2.05) is 0 Å². The lowest BCUT2D eigenvalue weighted by atomic mass is 9.98. The van der Waals surface area contributed by atoms with Crippen LogP contribution in [0.2, 0.25) is 0 Å². The number of hydrogen-bond acceptors (Lipinski definition) is 3. The Kier molecular flexibility index (Phi) is 5.61. The molecule has 0 radical (unpaired) electrons. The van der Waals surface area contributed by atoms with Crippen molar-refractivity contribution in [3.05, 3.63) is 33.8 Å². The standard InChI is InChI=1S/C16H26BrN3/c1-12-4-5-13(10-15(12)17)16(11-18)20-8-6-14(7-9-20)19(2)3/h4-5,10,14,16H,6-9,11,18H2,1-3H3. The molecule has 0 spiro atoms. The molecule has 112 valence electrons. The molecule has 0 aliphatic carbocycles. The Balaban J connectivity index is 2.07. The van der Waals surface area contributed by atoms with Gasteiger partial charge in [-0.15, -0.1) is 0 Å². The van der Waals surface area contributed by atoms with E-state index >= 15 is 0 Å². The van der Waals surface area contributed by atoms with Crippen molar-refractivity contribution in [2.45, 2.75) is 31.8 Å². The molecule has 0 aromatic heterocycles. The van der Waals surface area contributed by atoms with Crippen molar-refractivity contribution in [1.29, 1.82) is 0 Å². The zero-order chi connectivity index (χ0) is 14.7. The molecule has 20 heavy (non-hydrogen) atoms. The molecule has 2 rings (SSSR count). The highest BCUT2D eigenvalue weighted by atomic mass is 79.9. The highest BCUT2D eigenvalue weighted by molar-refractivity contribution is 9.10. The molecule has 1 aliphatic rings. The van der Waals surface area contributed by atoms with Gasteiger partial charge in [0.05, 0.1) is 0 Å². The van der Waals surface area contributed by atoms with Crippen molar-refractivity contribution in [2.75, 3.05) is 33.7 Å². The third-order valence-electron chi connectivity index (χ3n) is 4.47. The topological polar surface area (TPSA) is 32.5 Å². The monoisotopic (exact) mass is 339 g/mol. The van der Waals surface area contributed by atoms with Gasteiger partial charge in [0.25, 0.3) is 0 Å². The predicted molar refractivity (Wildman–Crippen MR) is 89.0 cm³/mol. The van der Waals surface area contributed by atoms with E-state index in [2.05, 4.69) is 64.9 Å². The van der Waals surface area contributed by atoms with Crippen LogP contribution in [0.1, 0.15) is 30.0 Å². The average molecular weight is 340 g/mol. The fourth-order valence-corrected chi connectivity index (χ4v) is 3.42. The van der Waals surface area contributed by atoms with Crippen LogP contribution in [0.3, 0.4) is 0 Å². The van der Waals surface area contributed by atoms with Crippen LogP contribution in [-0.4, -0.2) is 49.6 Å². The molecule has 1 aromatic carbocycles. The third kappa shape index (κ3) is 3.61.